The van der Waals surface area contributed by atoms with Gasteiger partial charge >= 0.3 is 0 Å². The van der Waals surface area contributed by atoms with Crippen LogP contribution >= 0.6 is 0 Å². The van der Waals surface area contributed by atoms with Crippen LogP contribution in [0.2, 0.25) is 19.1 Å². The van der Waals surface area contributed by atoms with Crippen LogP contribution in [0.4, 0.5) is 0 Å². The average Bonchev–Trinajstić information content (AvgIpc) is 2.89. The number of aromatic hydroxyl groups is 2. The molecule has 1 aliphatic rings. The first-order valence-electron chi connectivity index (χ1n) is 16.6. The van der Waals surface area contributed by atoms with Gasteiger partial charge in [0.2, 0.25) is 0 Å². The van der Waals surface area contributed by atoms with Crippen molar-refractivity contribution in [2.24, 2.45) is 9.98 Å². The van der Waals surface area contributed by atoms with Gasteiger partial charge in [-0.1, -0.05) is 137 Å². The summed E-state index contributed by atoms with van der Waals surface area (Å²) < 4.78 is 0. The van der Waals surface area contributed by atoms with E-state index in [4.69, 9.17) is 9.98 Å². The maximum atomic E-state index is 11.4. The summed E-state index contributed by atoms with van der Waals surface area (Å²) in [5.41, 5.74) is 4.39. The molecule has 0 aliphatic heterocycles. The molecule has 44 heavy (non-hydrogen) atoms. The Morgan fingerprint density at radius 3 is 1.61 bits per heavy atom. The van der Waals surface area contributed by atoms with Crippen LogP contribution in [0.1, 0.15) is 136 Å². The van der Waals surface area contributed by atoms with E-state index >= 15 is 0 Å². The van der Waals surface area contributed by atoms with Crippen LogP contribution in [0.3, 0.4) is 0 Å². The summed E-state index contributed by atoms with van der Waals surface area (Å²) in [6.07, 6.45) is 10.5. The molecule has 0 heterocycles. The van der Waals surface area contributed by atoms with Gasteiger partial charge in [0.1, 0.15) is 11.5 Å². The van der Waals surface area contributed by atoms with Gasteiger partial charge in [-0.3, -0.25) is 9.98 Å². The van der Waals surface area contributed by atoms with E-state index in [2.05, 4.69) is 107 Å². The molecule has 2 unspecified atom stereocenters. The first-order valence-corrected chi connectivity index (χ1v) is 19.8. The molecule has 2 aromatic rings. The number of hydrogen-bond acceptors (Lipinski definition) is 4. The van der Waals surface area contributed by atoms with Crippen molar-refractivity contribution >= 4 is 25.7 Å². The second-order valence-corrected chi connectivity index (χ2v) is 21.5. The second-order valence-electron chi connectivity index (χ2n) is 16.6. The predicted octanol–water partition coefficient (Wildman–Crippen LogP) is 10.0. The molecular formula is C39H63N2O2Si-. The van der Waals surface area contributed by atoms with E-state index in [-0.39, 0.29) is 35.8 Å². The van der Waals surface area contributed by atoms with Crippen molar-refractivity contribution in [3.05, 3.63) is 59.5 Å². The maximum Gasteiger partial charge on any atom is 0.128 e. The minimum absolute atomic E-state index is 0. The number of unbranched alkanes of at least 4 members (excludes halogenated alkanes) is 1. The Balaban J connectivity index is 0.00000675. The van der Waals surface area contributed by atoms with Crippen LogP contribution in [-0.4, -0.2) is 42.8 Å². The quantitative estimate of drug-likeness (QED) is 0.175. The van der Waals surface area contributed by atoms with Gasteiger partial charge in [-0.15, -0.1) is 0 Å². The first-order chi connectivity index (χ1) is 19.8. The number of hydrogen-bond donors (Lipinski definition) is 2. The largest absolute Gasteiger partial charge is 0.507 e. The van der Waals surface area contributed by atoms with Crippen molar-refractivity contribution in [3.63, 3.8) is 0 Å². The Kier molecular flexibility index (Phi) is 12.3. The van der Waals surface area contributed by atoms with E-state index in [0.717, 1.165) is 47.9 Å². The summed E-state index contributed by atoms with van der Waals surface area (Å²) >= 11 is 0. The number of benzene rings is 2. The highest BCUT2D eigenvalue weighted by atomic mass is 28.3. The monoisotopic (exact) mass is 619 g/mol. The van der Waals surface area contributed by atoms with Crippen LogP contribution in [0.15, 0.2) is 34.3 Å². The van der Waals surface area contributed by atoms with E-state index in [9.17, 15) is 10.2 Å². The fraction of sp³-hybridized carbons (Fsp3) is 0.615. The highest BCUT2D eigenvalue weighted by Gasteiger charge is 2.29. The molecule has 1 saturated carbocycles. The van der Waals surface area contributed by atoms with E-state index in [1.807, 2.05) is 12.4 Å². The lowest BCUT2D eigenvalue weighted by Crippen LogP contribution is -2.42. The number of rotatable bonds is 8. The van der Waals surface area contributed by atoms with Crippen LogP contribution in [0.5, 0.6) is 11.5 Å². The Hall–Kier alpha value is -2.40. The molecule has 2 N–H and O–H groups in total. The zero-order valence-electron chi connectivity index (χ0n) is 30.4. The summed E-state index contributed by atoms with van der Waals surface area (Å²) in [7, 11) is -1.66. The van der Waals surface area contributed by atoms with Gasteiger partial charge in [0.05, 0.1) is 20.2 Å². The third-order valence-electron chi connectivity index (χ3n) is 9.20. The van der Waals surface area contributed by atoms with E-state index in [1.54, 1.807) is 0 Å². The van der Waals surface area contributed by atoms with Gasteiger partial charge < -0.3 is 17.6 Å². The molecule has 2 atom stereocenters. The molecule has 4 nitrogen and oxygen atoms in total. The lowest BCUT2D eigenvalue weighted by atomic mass is 9.79. The molecule has 0 bridgehead atoms. The zero-order chi connectivity index (χ0) is 32.4. The molecule has 1 aliphatic carbocycles. The molecule has 0 amide bonds. The fourth-order valence-electron chi connectivity index (χ4n) is 6.03. The average molecular weight is 620 g/mol. The van der Waals surface area contributed by atoms with Crippen molar-refractivity contribution in [1.82, 2.24) is 0 Å². The fourth-order valence-corrected chi connectivity index (χ4v) is 8.64. The van der Waals surface area contributed by atoms with Crippen LogP contribution in [-0.2, 0) is 16.2 Å². The topological polar surface area (TPSA) is 65.2 Å². The highest BCUT2D eigenvalue weighted by molar-refractivity contribution is 6.89. The summed E-state index contributed by atoms with van der Waals surface area (Å²) in [4.78, 5) is 10.2. The molecule has 0 saturated heterocycles. The number of aliphatic imine (C=N–C) groups is 2. The van der Waals surface area contributed by atoms with Crippen molar-refractivity contribution in [2.45, 2.75) is 155 Å². The Labute approximate surface area is 271 Å². The number of phenols is 2. The van der Waals surface area contributed by atoms with Crippen molar-refractivity contribution in [2.75, 3.05) is 0 Å². The van der Waals surface area contributed by atoms with Crippen molar-refractivity contribution < 1.29 is 10.2 Å². The van der Waals surface area contributed by atoms with Gasteiger partial charge in [-0.05, 0) is 46.3 Å². The van der Waals surface area contributed by atoms with Crippen molar-refractivity contribution in [1.29, 1.82) is 0 Å². The molecule has 246 valence electrons. The Morgan fingerprint density at radius 1 is 0.727 bits per heavy atom. The van der Waals surface area contributed by atoms with Gasteiger partial charge in [-0.25, -0.2) is 0 Å². The molecule has 0 spiro atoms. The first kappa shape index (κ1) is 37.8. The van der Waals surface area contributed by atoms with Gasteiger partial charge in [0.15, 0.2) is 0 Å². The summed E-state index contributed by atoms with van der Waals surface area (Å²) in [5, 5.41) is 24.1. The lowest BCUT2D eigenvalue weighted by Gasteiger charge is -2.29. The molecule has 1 fully saturated rings. The van der Waals surface area contributed by atoms with E-state index in [1.165, 1.54) is 29.6 Å². The SMILES string of the molecule is CCCC[Si](C)(C)c1cc(C=NC2CCCCC2N=Cc2cc(C(C)(C)C)cc(C(C)(C)C)c2O)c(O)c(C(C)(C)C)c1.[CH3-]. The van der Waals surface area contributed by atoms with Crippen molar-refractivity contribution in [3.8, 4) is 11.5 Å². The highest BCUT2D eigenvalue weighted by Crippen LogP contribution is 2.38. The molecule has 0 aromatic heterocycles. The van der Waals surface area contributed by atoms with Crippen LogP contribution < -0.4 is 5.19 Å². The molecule has 2 aromatic carbocycles. The van der Waals surface area contributed by atoms with Gasteiger partial charge in [0.25, 0.3) is 0 Å². The Morgan fingerprint density at radius 2 is 1.18 bits per heavy atom. The summed E-state index contributed by atoms with van der Waals surface area (Å²) in [6, 6.07) is 10.1. The molecule has 3 rings (SSSR count). The minimum Gasteiger partial charge on any atom is -0.507 e. The van der Waals surface area contributed by atoms with E-state index < -0.39 is 8.07 Å². The summed E-state index contributed by atoms with van der Waals surface area (Å²) in [5.74, 6) is 0.682. The standard InChI is InChI=1S/C38H60N2O2Si.CH3/c1-13-14-19-43(11,12)29-21-27(35(42)31(23-29)38(8,9)10)25-40-33-18-16-15-17-32(33)39-24-26-20-28(36(2,3)4)22-30(34(26)41)37(5,6)7;/h20-25,32-33,41-42H,13-19H2,1-12H3;1H3/q;-1. The minimum atomic E-state index is -1.66. The smallest absolute Gasteiger partial charge is 0.128 e. The normalized spacial score (nSPS) is 18.6. The van der Waals surface area contributed by atoms with E-state index in [0.29, 0.717) is 11.5 Å². The summed E-state index contributed by atoms with van der Waals surface area (Å²) in [6.45, 7) is 26.7. The maximum absolute atomic E-state index is 11.4. The molecule has 0 radical (unpaired) electrons. The molecule has 5 heteroatoms. The number of nitrogens with zero attached hydrogens (tertiary/aromatic N) is 2. The van der Waals surface area contributed by atoms with Crippen LogP contribution in [0, 0.1) is 7.43 Å². The van der Waals surface area contributed by atoms with Crippen LogP contribution in [0.25, 0.3) is 0 Å². The third kappa shape index (κ3) is 9.31. The molecular weight excluding hydrogens is 557 g/mol. The second kappa shape index (κ2) is 14.4. The zero-order valence-corrected chi connectivity index (χ0v) is 31.4. The number of phenolic OH excluding ortho intramolecular Hbond substituents is 2. The van der Waals surface area contributed by atoms with Gasteiger partial charge in [-0.2, -0.15) is 0 Å². The Bertz CT molecular complexity index is 1320. The van der Waals surface area contributed by atoms with Gasteiger partial charge in [0, 0.05) is 29.1 Å². The third-order valence-corrected chi connectivity index (χ3v) is 12.7. The predicted molar refractivity (Wildman–Crippen MR) is 197 cm³/mol. The lowest BCUT2D eigenvalue weighted by molar-refractivity contribution is 0.390.